The molecule has 0 aromatic carbocycles. The summed E-state index contributed by atoms with van der Waals surface area (Å²) in [5.74, 6) is -3.71. The third-order valence-electron chi connectivity index (χ3n) is 2.71. The number of nitrogens with zero attached hydrogens (tertiary/aromatic N) is 2. The van der Waals surface area contributed by atoms with Crippen molar-refractivity contribution in [1.82, 2.24) is 4.90 Å². The Kier molecular flexibility index (Phi) is 10.8. The topological polar surface area (TPSA) is 130 Å². The number of hydrogen-bond donors (Lipinski definition) is 2. The van der Waals surface area contributed by atoms with Gasteiger partial charge in [-0.25, -0.2) is 9.59 Å². The standard InChI is InChI=1S/C9H13N2O6P.2Na.2H/c1-3-5-10-6(8(12)13)7(9(14)15)11(5)4(2)18(16)17;;;;/h4,6-7H,3H2,1-2H3,(H,12,13)(H,14,15);;;;/q;2*+1;2*-1. The molecule has 4 unspecified atom stereocenters. The summed E-state index contributed by atoms with van der Waals surface area (Å²) in [5.41, 5.74) is 0. The van der Waals surface area contributed by atoms with Crippen molar-refractivity contribution in [1.29, 1.82) is 0 Å². The van der Waals surface area contributed by atoms with E-state index >= 15 is 0 Å². The second-order valence-electron chi connectivity index (χ2n) is 3.79. The summed E-state index contributed by atoms with van der Waals surface area (Å²) in [7, 11) is -2.91. The van der Waals surface area contributed by atoms with Crippen LogP contribution in [0.2, 0.25) is 0 Å². The SMILES string of the molecule is CCC1=NC(C(=O)O)C(C(=O)O)N1C(C)[P+](=O)[O-].[H-].[H-].[Na+].[Na+]. The summed E-state index contributed by atoms with van der Waals surface area (Å²) in [6.07, 6.45) is 0.265. The van der Waals surface area contributed by atoms with Crippen LogP contribution in [0.1, 0.15) is 23.1 Å². The molecular weight excluding hydrogens is 309 g/mol. The molecule has 1 aliphatic rings. The minimum absolute atomic E-state index is 0. The van der Waals surface area contributed by atoms with Gasteiger partial charge in [0.25, 0.3) is 0 Å². The largest absolute Gasteiger partial charge is 1.00 e. The Hall–Kier alpha value is 0.470. The van der Waals surface area contributed by atoms with Gasteiger partial charge in [0.15, 0.2) is 12.1 Å². The predicted octanol–water partition coefficient (Wildman–Crippen LogP) is -6.30. The number of aliphatic imine (C=N–C) groups is 1. The van der Waals surface area contributed by atoms with E-state index in [-0.39, 0.29) is 74.2 Å². The first kappa shape index (κ1) is 22.7. The Morgan fingerprint density at radius 1 is 1.45 bits per heavy atom. The number of carboxylic acids is 2. The molecule has 104 valence electrons. The molecule has 2 N–H and O–H groups in total. The van der Waals surface area contributed by atoms with E-state index < -0.39 is 37.8 Å². The second-order valence-corrected chi connectivity index (χ2v) is 5.11. The van der Waals surface area contributed by atoms with Gasteiger partial charge in [-0.1, -0.05) is 11.5 Å². The maximum atomic E-state index is 11.1. The van der Waals surface area contributed by atoms with Crippen LogP contribution < -0.4 is 64.0 Å². The van der Waals surface area contributed by atoms with E-state index in [9.17, 15) is 19.0 Å². The number of carbonyl (C=O) groups is 2. The Morgan fingerprint density at radius 3 is 2.25 bits per heavy atom. The average Bonchev–Trinajstić information content (AvgIpc) is 2.66. The molecule has 0 saturated carbocycles. The van der Waals surface area contributed by atoms with Crippen LogP contribution in [0, 0.1) is 0 Å². The van der Waals surface area contributed by atoms with E-state index in [0.717, 1.165) is 4.90 Å². The zero-order valence-electron chi connectivity index (χ0n) is 13.8. The van der Waals surface area contributed by atoms with Crippen molar-refractivity contribution in [2.45, 2.75) is 38.1 Å². The monoisotopic (exact) mass is 324 g/mol. The quantitative estimate of drug-likeness (QED) is 0.380. The summed E-state index contributed by atoms with van der Waals surface area (Å²) < 4.78 is 11.0. The molecule has 0 saturated heterocycles. The van der Waals surface area contributed by atoms with Gasteiger partial charge in [0.1, 0.15) is 5.84 Å². The fourth-order valence-electron chi connectivity index (χ4n) is 1.88. The fraction of sp³-hybridized carbons (Fsp3) is 0.667. The van der Waals surface area contributed by atoms with Crippen LogP contribution in [0.5, 0.6) is 0 Å². The van der Waals surface area contributed by atoms with Crippen LogP contribution in [0.3, 0.4) is 0 Å². The van der Waals surface area contributed by atoms with Gasteiger partial charge < -0.3 is 22.9 Å². The molecule has 1 aliphatic heterocycles. The van der Waals surface area contributed by atoms with Crippen molar-refractivity contribution in [3.8, 4) is 0 Å². The van der Waals surface area contributed by atoms with Crippen LogP contribution in [0.25, 0.3) is 0 Å². The molecule has 11 heteroatoms. The molecule has 0 aromatic rings. The maximum absolute atomic E-state index is 11.1. The van der Waals surface area contributed by atoms with Crippen LogP contribution in [0.15, 0.2) is 4.99 Å². The molecule has 0 radical (unpaired) electrons. The molecular formula is C9H15N2Na2O6P. The van der Waals surface area contributed by atoms with E-state index in [2.05, 4.69) is 4.99 Å². The van der Waals surface area contributed by atoms with Crippen LogP contribution in [-0.4, -0.2) is 50.8 Å². The molecule has 0 aromatic heterocycles. The molecule has 0 amide bonds. The Balaban J connectivity index is -0.000000405. The maximum Gasteiger partial charge on any atom is 1.00 e. The number of hydrogen-bond acceptors (Lipinski definition) is 6. The van der Waals surface area contributed by atoms with Gasteiger partial charge in [0.05, 0.1) is 0 Å². The second kappa shape index (κ2) is 9.48. The van der Waals surface area contributed by atoms with Crippen molar-refractivity contribution in [2.24, 2.45) is 4.99 Å². The van der Waals surface area contributed by atoms with Gasteiger partial charge in [-0.3, -0.25) is 4.99 Å². The molecule has 0 aliphatic carbocycles. The van der Waals surface area contributed by atoms with Gasteiger partial charge in [0.2, 0.25) is 5.78 Å². The molecule has 4 atom stereocenters. The normalized spacial score (nSPS) is 23.1. The molecule has 0 spiro atoms. The average molecular weight is 324 g/mol. The zero-order chi connectivity index (χ0) is 14.0. The zero-order valence-corrected chi connectivity index (χ0v) is 16.7. The minimum atomic E-state index is -2.91. The van der Waals surface area contributed by atoms with Gasteiger partial charge in [-0.05, 0) is 0 Å². The molecule has 1 rings (SSSR count). The summed E-state index contributed by atoms with van der Waals surface area (Å²) in [5, 5.41) is 18.0. The van der Waals surface area contributed by atoms with Crippen LogP contribution >= 0.6 is 8.03 Å². The first-order valence-electron chi connectivity index (χ1n) is 5.25. The van der Waals surface area contributed by atoms with E-state index in [1.807, 2.05) is 0 Å². The Bertz CT molecular complexity index is 442. The first-order chi connectivity index (χ1) is 8.31. The van der Waals surface area contributed by atoms with Crippen LogP contribution in [-0.2, 0) is 14.2 Å². The van der Waals surface area contributed by atoms with E-state index in [1.165, 1.54) is 6.92 Å². The molecule has 0 fully saturated rings. The van der Waals surface area contributed by atoms with Crippen LogP contribution in [0.4, 0.5) is 0 Å². The van der Waals surface area contributed by atoms with Gasteiger partial charge in [0, 0.05) is 13.3 Å². The Morgan fingerprint density at radius 2 is 1.95 bits per heavy atom. The number of carboxylic acid groups (broad SMARTS) is 2. The summed E-state index contributed by atoms with van der Waals surface area (Å²) in [6.45, 7) is 2.95. The van der Waals surface area contributed by atoms with Crippen molar-refractivity contribution in [3.05, 3.63) is 0 Å². The third kappa shape index (κ3) is 4.74. The summed E-state index contributed by atoms with van der Waals surface area (Å²) in [6, 6.07) is -2.96. The van der Waals surface area contributed by atoms with E-state index in [4.69, 9.17) is 10.2 Å². The van der Waals surface area contributed by atoms with Gasteiger partial charge >= 0.3 is 79.1 Å². The van der Waals surface area contributed by atoms with Crippen molar-refractivity contribution < 1.29 is 91.2 Å². The third-order valence-corrected chi connectivity index (χ3v) is 3.57. The van der Waals surface area contributed by atoms with Crippen molar-refractivity contribution >= 4 is 25.8 Å². The summed E-state index contributed by atoms with van der Waals surface area (Å²) >= 11 is 0. The van der Waals surface area contributed by atoms with Crippen molar-refractivity contribution in [3.63, 3.8) is 0 Å². The molecule has 20 heavy (non-hydrogen) atoms. The number of aliphatic carboxylic acids is 2. The predicted molar refractivity (Wildman–Crippen MR) is 61.7 cm³/mol. The summed E-state index contributed by atoms with van der Waals surface area (Å²) in [4.78, 5) is 37.9. The van der Waals surface area contributed by atoms with E-state index in [0.29, 0.717) is 0 Å². The van der Waals surface area contributed by atoms with E-state index in [1.54, 1.807) is 6.92 Å². The first-order valence-corrected chi connectivity index (χ1v) is 6.50. The fourth-order valence-corrected chi connectivity index (χ4v) is 2.36. The number of rotatable bonds is 5. The Labute approximate surface area is 164 Å². The van der Waals surface area contributed by atoms with Gasteiger partial charge in [-0.2, -0.15) is 0 Å². The van der Waals surface area contributed by atoms with Gasteiger partial charge in [-0.15, -0.1) is 0 Å². The smallest absolute Gasteiger partial charge is 1.00 e. The minimum Gasteiger partial charge on any atom is -1.00 e. The molecule has 0 bridgehead atoms. The molecule has 8 nitrogen and oxygen atoms in total. The van der Waals surface area contributed by atoms with Crippen molar-refractivity contribution in [2.75, 3.05) is 0 Å². The number of amidine groups is 1. The molecule has 1 heterocycles.